The topological polar surface area (TPSA) is 79.0 Å². The summed E-state index contributed by atoms with van der Waals surface area (Å²) < 4.78 is 63.8. The van der Waals surface area contributed by atoms with E-state index in [9.17, 15) is 21.6 Å². The fourth-order valence-corrected chi connectivity index (χ4v) is 2.72. The molecule has 0 saturated carbocycles. The first-order valence-corrected chi connectivity index (χ1v) is 6.91. The normalized spacial score (nSPS) is 12.8. The van der Waals surface area contributed by atoms with Crippen LogP contribution in [0.25, 0.3) is 11.0 Å². The van der Waals surface area contributed by atoms with E-state index in [-0.39, 0.29) is 11.0 Å². The molecule has 1 heterocycles. The zero-order valence-electron chi connectivity index (χ0n) is 10.9. The number of imidazole rings is 1. The first-order chi connectivity index (χ1) is 9.59. The Kier molecular flexibility index (Phi) is 3.43. The van der Waals surface area contributed by atoms with E-state index in [1.807, 2.05) is 0 Å². The molecule has 0 N–H and O–H groups in total. The quantitative estimate of drug-likeness (QED) is 0.842. The molecule has 0 saturated heterocycles. The number of hydrogen-bond donors (Lipinski definition) is 0. The van der Waals surface area contributed by atoms with Crippen molar-refractivity contribution in [3.05, 3.63) is 29.6 Å². The van der Waals surface area contributed by atoms with Crippen LogP contribution in [-0.4, -0.2) is 35.8 Å². The van der Waals surface area contributed by atoms with Crippen LogP contribution in [0.2, 0.25) is 0 Å². The average Bonchev–Trinajstić information content (AvgIpc) is 2.75. The summed E-state index contributed by atoms with van der Waals surface area (Å²) in [5.74, 6) is -0.502. The average molecular weight is 318 g/mol. The number of rotatable bonds is 2. The van der Waals surface area contributed by atoms with Gasteiger partial charge in [-0.3, -0.25) is 0 Å². The number of halogens is 3. The second-order valence-electron chi connectivity index (χ2n) is 4.30. The highest BCUT2D eigenvalue weighted by Crippen LogP contribution is 2.32. The molecule has 0 aliphatic heterocycles. The molecule has 0 fully saturated rings. The molecule has 1 aromatic carbocycles. The van der Waals surface area contributed by atoms with Crippen LogP contribution in [0.5, 0.6) is 0 Å². The Labute approximate surface area is 118 Å². The second kappa shape index (κ2) is 4.71. The smallest absolute Gasteiger partial charge is 0.218 e. The van der Waals surface area contributed by atoms with Crippen molar-refractivity contribution in [1.82, 2.24) is 13.3 Å². The molecule has 0 radical (unpaired) electrons. The van der Waals surface area contributed by atoms with Crippen molar-refractivity contribution in [1.29, 1.82) is 5.26 Å². The number of hydrogen-bond acceptors (Lipinski definition) is 4. The number of aromatic nitrogens is 2. The summed E-state index contributed by atoms with van der Waals surface area (Å²) in [7, 11) is -1.76. The Balaban J connectivity index is 2.89. The minimum Gasteiger partial charge on any atom is -0.218 e. The molecule has 0 amide bonds. The van der Waals surface area contributed by atoms with E-state index in [2.05, 4.69) is 4.98 Å². The van der Waals surface area contributed by atoms with Crippen LogP contribution in [0.3, 0.4) is 0 Å². The van der Waals surface area contributed by atoms with Gasteiger partial charge >= 0.3 is 16.4 Å². The van der Waals surface area contributed by atoms with Gasteiger partial charge in [-0.15, -0.1) is 0 Å². The number of fused-ring (bicyclic) bond motifs is 1. The molecule has 0 unspecified atom stereocenters. The van der Waals surface area contributed by atoms with Crippen molar-refractivity contribution in [3.63, 3.8) is 0 Å². The summed E-state index contributed by atoms with van der Waals surface area (Å²) in [4.78, 5) is 3.73. The highest BCUT2D eigenvalue weighted by Gasteiger charge is 2.32. The summed E-state index contributed by atoms with van der Waals surface area (Å²) in [6, 6.07) is 4.04. The third-order valence-corrected chi connectivity index (χ3v) is 4.49. The molecule has 6 nitrogen and oxygen atoms in total. The van der Waals surface area contributed by atoms with E-state index in [1.54, 1.807) is 6.07 Å². The van der Waals surface area contributed by atoms with Crippen LogP contribution >= 0.6 is 0 Å². The van der Waals surface area contributed by atoms with E-state index in [0.29, 0.717) is 10.0 Å². The highest BCUT2D eigenvalue weighted by atomic mass is 32.2. The monoisotopic (exact) mass is 318 g/mol. The summed E-state index contributed by atoms with van der Waals surface area (Å²) in [5, 5.41) is 8.96. The number of nitrogens with zero attached hydrogens (tertiary/aromatic N) is 4. The molecule has 21 heavy (non-hydrogen) atoms. The highest BCUT2D eigenvalue weighted by molar-refractivity contribution is 7.87. The van der Waals surface area contributed by atoms with Crippen LogP contribution in [0.1, 0.15) is 11.4 Å². The molecule has 0 bridgehead atoms. The lowest BCUT2D eigenvalue weighted by atomic mass is 10.2. The van der Waals surface area contributed by atoms with Crippen LogP contribution in [-0.2, 0) is 16.4 Å². The van der Waals surface area contributed by atoms with Gasteiger partial charge in [0.05, 0.1) is 16.6 Å². The van der Waals surface area contributed by atoms with Crippen molar-refractivity contribution in [2.24, 2.45) is 0 Å². The van der Waals surface area contributed by atoms with Crippen molar-refractivity contribution in [2.75, 3.05) is 14.1 Å². The molecule has 0 spiro atoms. The zero-order chi connectivity index (χ0) is 16.0. The van der Waals surface area contributed by atoms with Gasteiger partial charge in [0.1, 0.15) is 6.07 Å². The molecule has 10 heteroatoms. The molecular weight excluding hydrogens is 309 g/mol. The van der Waals surface area contributed by atoms with Crippen molar-refractivity contribution in [2.45, 2.75) is 6.18 Å². The van der Waals surface area contributed by atoms with Gasteiger partial charge in [0, 0.05) is 14.1 Å². The largest absolute Gasteiger partial charge is 0.416 e. The van der Waals surface area contributed by atoms with E-state index in [1.165, 1.54) is 14.1 Å². The summed E-state index contributed by atoms with van der Waals surface area (Å²) in [6.07, 6.45) is -4.63. The van der Waals surface area contributed by atoms with Gasteiger partial charge < -0.3 is 0 Å². The van der Waals surface area contributed by atoms with E-state index in [0.717, 1.165) is 16.4 Å². The van der Waals surface area contributed by atoms with Crippen LogP contribution in [0, 0.1) is 11.3 Å². The van der Waals surface area contributed by atoms with Gasteiger partial charge in [-0.05, 0) is 18.2 Å². The molecule has 2 rings (SSSR count). The summed E-state index contributed by atoms with van der Waals surface area (Å²) in [5.41, 5.74) is -1.32. The minimum absolute atomic E-state index is 0.00928. The lowest BCUT2D eigenvalue weighted by molar-refractivity contribution is -0.137. The maximum Gasteiger partial charge on any atom is 0.416 e. The number of benzene rings is 1. The van der Waals surface area contributed by atoms with Gasteiger partial charge in [0.15, 0.2) is 0 Å². The van der Waals surface area contributed by atoms with Gasteiger partial charge in [0.2, 0.25) is 5.82 Å². The maximum atomic E-state index is 12.7. The number of nitriles is 1. The van der Waals surface area contributed by atoms with E-state index >= 15 is 0 Å². The van der Waals surface area contributed by atoms with Gasteiger partial charge in [0.25, 0.3) is 0 Å². The van der Waals surface area contributed by atoms with Crippen LogP contribution in [0.4, 0.5) is 13.2 Å². The fraction of sp³-hybridized carbons (Fsp3) is 0.273. The first kappa shape index (κ1) is 15.3. The molecular formula is C11H9F3N4O2S. The second-order valence-corrected chi connectivity index (χ2v) is 6.29. The Hall–Kier alpha value is -2.12. The van der Waals surface area contributed by atoms with E-state index < -0.39 is 27.8 Å². The third-order valence-electron chi connectivity index (χ3n) is 2.73. The molecule has 112 valence electrons. The Morgan fingerprint density at radius 3 is 2.43 bits per heavy atom. The molecule has 0 aliphatic rings. The lowest BCUT2D eigenvalue weighted by Crippen LogP contribution is -2.29. The SMILES string of the molecule is CN(C)S(=O)(=O)n1c(C#N)nc2ccc(C(F)(F)F)cc21. The Morgan fingerprint density at radius 1 is 1.33 bits per heavy atom. The number of alkyl halides is 3. The Morgan fingerprint density at radius 2 is 1.95 bits per heavy atom. The summed E-state index contributed by atoms with van der Waals surface area (Å²) >= 11 is 0. The summed E-state index contributed by atoms with van der Waals surface area (Å²) in [6.45, 7) is 0. The van der Waals surface area contributed by atoms with Crippen molar-refractivity contribution in [3.8, 4) is 6.07 Å². The standard InChI is InChI=1S/C11H9F3N4O2S/c1-17(2)21(19,20)18-9-5-7(11(12,13)14)3-4-8(9)16-10(18)6-15/h3-5H,1-2H3. The molecule has 1 aromatic heterocycles. The third kappa shape index (κ3) is 2.45. The zero-order valence-corrected chi connectivity index (χ0v) is 11.7. The first-order valence-electron chi connectivity index (χ1n) is 5.52. The molecule has 0 atom stereocenters. The lowest BCUT2D eigenvalue weighted by Gasteiger charge is -2.14. The van der Waals surface area contributed by atoms with Crippen molar-refractivity contribution >= 4 is 21.2 Å². The minimum atomic E-state index is -4.63. The fourth-order valence-electron chi connectivity index (χ4n) is 1.70. The predicted molar refractivity (Wildman–Crippen MR) is 67.5 cm³/mol. The molecule has 2 aromatic rings. The Bertz CT molecular complexity index is 847. The van der Waals surface area contributed by atoms with E-state index in [4.69, 9.17) is 5.26 Å². The van der Waals surface area contributed by atoms with Gasteiger partial charge in [-0.25, -0.2) is 4.98 Å². The van der Waals surface area contributed by atoms with Gasteiger partial charge in [-0.2, -0.15) is 35.1 Å². The van der Waals surface area contributed by atoms with Crippen LogP contribution < -0.4 is 0 Å². The van der Waals surface area contributed by atoms with Crippen molar-refractivity contribution < 1.29 is 21.6 Å². The van der Waals surface area contributed by atoms with Gasteiger partial charge in [-0.1, -0.05) is 0 Å². The maximum absolute atomic E-state index is 12.7. The molecule has 0 aliphatic carbocycles. The van der Waals surface area contributed by atoms with Crippen LogP contribution in [0.15, 0.2) is 18.2 Å². The predicted octanol–water partition coefficient (Wildman–Crippen LogP) is 1.58.